The monoisotopic (exact) mass is 268 g/mol. The van der Waals surface area contributed by atoms with Crippen molar-refractivity contribution in [2.75, 3.05) is 6.54 Å². The van der Waals surface area contributed by atoms with Crippen LogP contribution in [0.5, 0.6) is 5.75 Å². The molecule has 5 nitrogen and oxygen atoms in total. The predicted molar refractivity (Wildman–Crippen MR) is 65.4 cm³/mol. The Hall–Kier alpha value is -2.02. The van der Waals surface area contributed by atoms with Crippen LogP contribution in [0.4, 0.5) is 8.78 Å². The molecule has 1 aromatic carbocycles. The molecular formula is C12H14F2N4O. The Kier molecular flexibility index (Phi) is 4.40. The van der Waals surface area contributed by atoms with Crippen molar-refractivity contribution >= 4 is 0 Å². The van der Waals surface area contributed by atoms with Crippen LogP contribution in [0.25, 0.3) is 5.69 Å². The zero-order valence-corrected chi connectivity index (χ0v) is 10.4. The average molecular weight is 268 g/mol. The first-order chi connectivity index (χ1) is 9.19. The lowest BCUT2D eigenvalue weighted by Gasteiger charge is -2.05. The molecule has 0 fully saturated rings. The highest BCUT2D eigenvalue weighted by Crippen LogP contribution is 2.16. The van der Waals surface area contributed by atoms with Crippen molar-refractivity contribution in [3.05, 3.63) is 36.2 Å². The van der Waals surface area contributed by atoms with E-state index in [1.807, 2.05) is 6.92 Å². The fourth-order valence-corrected chi connectivity index (χ4v) is 1.54. The summed E-state index contributed by atoms with van der Waals surface area (Å²) in [4.78, 5) is 0. The molecule has 102 valence electrons. The summed E-state index contributed by atoms with van der Waals surface area (Å²) in [5, 5.41) is 11.1. The van der Waals surface area contributed by atoms with Gasteiger partial charge in [0.15, 0.2) is 0 Å². The van der Waals surface area contributed by atoms with E-state index in [0.717, 1.165) is 17.9 Å². The molecule has 2 rings (SSSR count). The fraction of sp³-hybridized carbons (Fsp3) is 0.333. The summed E-state index contributed by atoms with van der Waals surface area (Å²) in [6.07, 6.45) is 1.78. The smallest absolute Gasteiger partial charge is 0.387 e. The first kappa shape index (κ1) is 13.4. The minimum atomic E-state index is -2.82. The van der Waals surface area contributed by atoms with Gasteiger partial charge in [-0.25, -0.2) is 4.68 Å². The van der Waals surface area contributed by atoms with Gasteiger partial charge in [0, 0.05) is 6.54 Å². The van der Waals surface area contributed by atoms with E-state index < -0.39 is 6.61 Å². The standard InChI is InChI=1S/C12H14F2N4O/c1-2-15-7-9-8-18(17-16-9)10-3-5-11(6-4-10)19-12(13)14/h3-6,8,12,15H,2,7H2,1H3. The number of nitrogens with one attached hydrogen (secondary N) is 1. The molecule has 0 radical (unpaired) electrons. The van der Waals surface area contributed by atoms with Crippen LogP contribution in [0.1, 0.15) is 12.6 Å². The number of hydrogen-bond donors (Lipinski definition) is 1. The Bertz CT molecular complexity index is 513. The first-order valence-electron chi connectivity index (χ1n) is 5.86. The summed E-state index contributed by atoms with van der Waals surface area (Å²) >= 11 is 0. The van der Waals surface area contributed by atoms with Gasteiger partial charge in [0.1, 0.15) is 5.75 Å². The van der Waals surface area contributed by atoms with Gasteiger partial charge >= 0.3 is 6.61 Å². The van der Waals surface area contributed by atoms with Gasteiger partial charge in [-0.15, -0.1) is 5.10 Å². The molecule has 0 spiro atoms. The third-order valence-corrected chi connectivity index (χ3v) is 2.42. The van der Waals surface area contributed by atoms with Gasteiger partial charge in [-0.2, -0.15) is 8.78 Å². The van der Waals surface area contributed by atoms with Crippen LogP contribution in [0.15, 0.2) is 30.5 Å². The highest BCUT2D eigenvalue weighted by molar-refractivity contribution is 5.36. The van der Waals surface area contributed by atoms with Gasteiger partial charge in [-0.3, -0.25) is 0 Å². The van der Waals surface area contributed by atoms with Gasteiger partial charge in [0.25, 0.3) is 0 Å². The lowest BCUT2D eigenvalue weighted by molar-refractivity contribution is -0.0498. The summed E-state index contributed by atoms with van der Waals surface area (Å²) < 4.78 is 29.9. The molecule has 0 unspecified atom stereocenters. The Labute approximate surface area is 109 Å². The molecule has 0 atom stereocenters. The molecule has 0 saturated heterocycles. The molecule has 1 aromatic heterocycles. The molecule has 0 aliphatic heterocycles. The van der Waals surface area contributed by atoms with E-state index in [4.69, 9.17) is 0 Å². The summed E-state index contributed by atoms with van der Waals surface area (Å²) in [6, 6.07) is 6.22. The summed E-state index contributed by atoms with van der Waals surface area (Å²) in [6.45, 7) is 0.686. The van der Waals surface area contributed by atoms with Gasteiger partial charge in [-0.05, 0) is 30.8 Å². The number of nitrogens with zero attached hydrogens (tertiary/aromatic N) is 3. The number of aromatic nitrogens is 3. The maximum absolute atomic E-state index is 12.0. The highest BCUT2D eigenvalue weighted by Gasteiger charge is 2.05. The normalized spacial score (nSPS) is 10.9. The zero-order chi connectivity index (χ0) is 13.7. The van der Waals surface area contributed by atoms with Crippen molar-refractivity contribution in [2.45, 2.75) is 20.1 Å². The van der Waals surface area contributed by atoms with Crippen LogP contribution in [-0.2, 0) is 6.54 Å². The highest BCUT2D eigenvalue weighted by atomic mass is 19.3. The average Bonchev–Trinajstić information content (AvgIpc) is 2.85. The van der Waals surface area contributed by atoms with Crippen LogP contribution in [-0.4, -0.2) is 28.2 Å². The lowest BCUT2D eigenvalue weighted by atomic mass is 10.3. The topological polar surface area (TPSA) is 52.0 Å². The molecule has 0 saturated carbocycles. The lowest BCUT2D eigenvalue weighted by Crippen LogP contribution is -2.11. The molecule has 0 aliphatic carbocycles. The van der Waals surface area contributed by atoms with E-state index in [-0.39, 0.29) is 5.75 Å². The number of benzene rings is 1. The minimum absolute atomic E-state index is 0.117. The zero-order valence-electron chi connectivity index (χ0n) is 10.4. The number of halogens is 2. The van der Waals surface area contributed by atoms with Crippen molar-refractivity contribution in [2.24, 2.45) is 0 Å². The van der Waals surface area contributed by atoms with Crippen LogP contribution in [0.3, 0.4) is 0 Å². The molecular weight excluding hydrogens is 254 g/mol. The van der Waals surface area contributed by atoms with Gasteiger partial charge in [-0.1, -0.05) is 12.1 Å². The second kappa shape index (κ2) is 6.24. The number of rotatable bonds is 6. The van der Waals surface area contributed by atoms with Crippen LogP contribution in [0.2, 0.25) is 0 Å². The number of hydrogen-bond acceptors (Lipinski definition) is 4. The van der Waals surface area contributed by atoms with E-state index >= 15 is 0 Å². The van der Waals surface area contributed by atoms with Gasteiger partial charge < -0.3 is 10.1 Å². The molecule has 7 heteroatoms. The van der Waals surface area contributed by atoms with Gasteiger partial charge in [0.2, 0.25) is 0 Å². The van der Waals surface area contributed by atoms with Crippen molar-refractivity contribution in [3.8, 4) is 11.4 Å². The Morgan fingerprint density at radius 1 is 1.32 bits per heavy atom. The minimum Gasteiger partial charge on any atom is -0.435 e. The quantitative estimate of drug-likeness (QED) is 0.870. The number of alkyl halides is 2. The van der Waals surface area contributed by atoms with E-state index in [9.17, 15) is 8.78 Å². The first-order valence-corrected chi connectivity index (χ1v) is 5.86. The number of ether oxygens (including phenoxy) is 1. The Morgan fingerprint density at radius 2 is 2.05 bits per heavy atom. The molecule has 0 bridgehead atoms. The molecule has 19 heavy (non-hydrogen) atoms. The van der Waals surface area contributed by atoms with E-state index in [2.05, 4.69) is 20.4 Å². The van der Waals surface area contributed by atoms with E-state index in [1.165, 1.54) is 12.1 Å². The van der Waals surface area contributed by atoms with Crippen molar-refractivity contribution in [1.29, 1.82) is 0 Å². The SMILES string of the molecule is CCNCc1cn(-c2ccc(OC(F)F)cc2)nn1. The molecule has 0 aliphatic rings. The summed E-state index contributed by atoms with van der Waals surface area (Å²) in [7, 11) is 0. The second-order valence-corrected chi connectivity index (χ2v) is 3.81. The van der Waals surface area contributed by atoms with E-state index in [0.29, 0.717) is 6.54 Å². The summed E-state index contributed by atoms with van der Waals surface area (Å²) in [5.41, 5.74) is 1.55. The fourth-order valence-electron chi connectivity index (χ4n) is 1.54. The second-order valence-electron chi connectivity index (χ2n) is 3.81. The largest absolute Gasteiger partial charge is 0.435 e. The molecule has 1 heterocycles. The maximum Gasteiger partial charge on any atom is 0.387 e. The molecule has 0 amide bonds. The van der Waals surface area contributed by atoms with Gasteiger partial charge in [0.05, 0.1) is 17.6 Å². The van der Waals surface area contributed by atoms with Crippen molar-refractivity contribution < 1.29 is 13.5 Å². The van der Waals surface area contributed by atoms with Crippen LogP contribution in [0, 0.1) is 0 Å². The van der Waals surface area contributed by atoms with Crippen molar-refractivity contribution in [3.63, 3.8) is 0 Å². The van der Waals surface area contributed by atoms with Crippen LogP contribution >= 0.6 is 0 Å². The molecule has 1 N–H and O–H groups in total. The van der Waals surface area contributed by atoms with E-state index in [1.54, 1.807) is 23.0 Å². The molecule has 2 aromatic rings. The van der Waals surface area contributed by atoms with Crippen molar-refractivity contribution in [1.82, 2.24) is 20.3 Å². The third kappa shape index (κ3) is 3.72. The third-order valence-electron chi connectivity index (χ3n) is 2.42. The Morgan fingerprint density at radius 3 is 2.68 bits per heavy atom. The predicted octanol–water partition coefficient (Wildman–Crippen LogP) is 1.98. The van der Waals surface area contributed by atoms with Crippen LogP contribution < -0.4 is 10.1 Å². The Balaban J connectivity index is 2.07. The maximum atomic E-state index is 12.0. The summed E-state index contributed by atoms with van der Waals surface area (Å²) in [5.74, 6) is 0.117.